The third-order valence-electron chi connectivity index (χ3n) is 3.91. The van der Waals surface area contributed by atoms with Gasteiger partial charge in [-0.1, -0.05) is 12.1 Å². The molecule has 0 bridgehead atoms. The minimum atomic E-state index is -0.263. The molecule has 2 N–H and O–H groups in total. The molecular formula is C15H16N6O. The number of benzene rings is 1. The van der Waals surface area contributed by atoms with Crippen LogP contribution in [0.15, 0.2) is 36.7 Å². The van der Waals surface area contributed by atoms with Crippen LogP contribution in [0.5, 0.6) is 0 Å². The van der Waals surface area contributed by atoms with Crippen LogP contribution in [-0.2, 0) is 11.8 Å². The van der Waals surface area contributed by atoms with E-state index < -0.39 is 0 Å². The van der Waals surface area contributed by atoms with Crippen molar-refractivity contribution in [2.24, 2.45) is 7.05 Å². The van der Waals surface area contributed by atoms with Crippen molar-refractivity contribution in [3.05, 3.63) is 36.7 Å². The molecule has 0 radical (unpaired) electrons. The smallest absolute Gasteiger partial charge is 0.249 e. The second-order valence-electron chi connectivity index (χ2n) is 5.45. The number of nitrogens with one attached hydrogen (secondary N) is 2. The Kier molecular flexibility index (Phi) is 2.85. The molecule has 0 saturated carbocycles. The number of amides is 1. The molecule has 1 amide bonds. The van der Waals surface area contributed by atoms with Crippen molar-refractivity contribution >= 4 is 28.6 Å². The summed E-state index contributed by atoms with van der Waals surface area (Å²) in [4.78, 5) is 21.9. The molecule has 1 aliphatic heterocycles. The summed E-state index contributed by atoms with van der Waals surface area (Å²) in [5, 5.41) is 7.32. The Morgan fingerprint density at radius 2 is 2.23 bits per heavy atom. The largest absolute Gasteiger partial charge is 0.344 e. The molecule has 7 heteroatoms. The van der Waals surface area contributed by atoms with E-state index in [1.807, 2.05) is 37.5 Å². The molecule has 22 heavy (non-hydrogen) atoms. The maximum absolute atomic E-state index is 12.5. The molecule has 7 nitrogen and oxygen atoms in total. The number of nitrogens with zero attached hydrogens (tertiary/aromatic N) is 4. The normalized spacial score (nSPS) is 18.3. The van der Waals surface area contributed by atoms with Crippen LogP contribution in [0.3, 0.4) is 0 Å². The Hall–Kier alpha value is -2.83. The predicted octanol–water partition coefficient (Wildman–Crippen LogP) is 1.51. The van der Waals surface area contributed by atoms with Gasteiger partial charge in [-0.05, 0) is 18.6 Å². The van der Waals surface area contributed by atoms with Gasteiger partial charge in [0.2, 0.25) is 11.9 Å². The highest BCUT2D eigenvalue weighted by molar-refractivity contribution is 6.00. The van der Waals surface area contributed by atoms with Gasteiger partial charge in [0, 0.05) is 19.8 Å². The Balaban J connectivity index is 1.53. The number of para-hydroxylation sites is 2. The first-order valence-electron chi connectivity index (χ1n) is 7.22. The second kappa shape index (κ2) is 4.87. The maximum Gasteiger partial charge on any atom is 0.249 e. The van der Waals surface area contributed by atoms with Crippen molar-refractivity contribution in [3.63, 3.8) is 0 Å². The Bertz CT molecular complexity index is 802. The summed E-state index contributed by atoms with van der Waals surface area (Å²) < 4.78 is 1.70. The zero-order chi connectivity index (χ0) is 15.1. The Morgan fingerprint density at radius 3 is 3.00 bits per heavy atom. The van der Waals surface area contributed by atoms with Crippen LogP contribution in [0.25, 0.3) is 11.0 Å². The quantitative estimate of drug-likeness (QED) is 0.768. The number of aryl methyl sites for hydroxylation is 1. The predicted molar refractivity (Wildman–Crippen MR) is 83.7 cm³/mol. The number of hydrogen-bond acceptors (Lipinski definition) is 4. The van der Waals surface area contributed by atoms with Crippen molar-refractivity contribution in [1.29, 1.82) is 0 Å². The van der Waals surface area contributed by atoms with Crippen LogP contribution in [0.4, 0.5) is 11.6 Å². The summed E-state index contributed by atoms with van der Waals surface area (Å²) in [6.07, 6.45) is 4.30. The monoisotopic (exact) mass is 296 g/mol. The van der Waals surface area contributed by atoms with E-state index in [0.717, 1.165) is 23.1 Å². The first kappa shape index (κ1) is 12.9. The molecule has 1 saturated heterocycles. The molecule has 1 aromatic carbocycles. The van der Waals surface area contributed by atoms with Gasteiger partial charge in [0.1, 0.15) is 6.04 Å². The van der Waals surface area contributed by atoms with Gasteiger partial charge < -0.3 is 15.2 Å². The van der Waals surface area contributed by atoms with Crippen LogP contribution in [0.2, 0.25) is 0 Å². The molecule has 1 unspecified atom stereocenters. The average Bonchev–Trinajstić information content (AvgIpc) is 3.19. The molecule has 1 aliphatic rings. The van der Waals surface area contributed by atoms with Crippen LogP contribution in [-0.4, -0.2) is 38.2 Å². The molecule has 2 aromatic heterocycles. The summed E-state index contributed by atoms with van der Waals surface area (Å²) in [6, 6.07) is 7.54. The van der Waals surface area contributed by atoms with Gasteiger partial charge >= 0.3 is 0 Å². The van der Waals surface area contributed by atoms with Gasteiger partial charge in [0.15, 0.2) is 0 Å². The number of rotatable bonds is 3. The fourth-order valence-corrected chi connectivity index (χ4v) is 2.80. The highest BCUT2D eigenvalue weighted by Crippen LogP contribution is 2.23. The Labute approximate surface area is 126 Å². The van der Waals surface area contributed by atoms with Gasteiger partial charge in [0.05, 0.1) is 22.9 Å². The van der Waals surface area contributed by atoms with E-state index in [-0.39, 0.29) is 11.9 Å². The molecule has 4 rings (SSSR count). The number of anilines is 2. The van der Waals surface area contributed by atoms with Crippen LogP contribution in [0.1, 0.15) is 6.42 Å². The number of aromatic amines is 1. The highest BCUT2D eigenvalue weighted by atomic mass is 16.2. The van der Waals surface area contributed by atoms with E-state index in [4.69, 9.17) is 0 Å². The fourth-order valence-electron chi connectivity index (χ4n) is 2.80. The summed E-state index contributed by atoms with van der Waals surface area (Å²) in [5.41, 5.74) is 2.68. The van der Waals surface area contributed by atoms with E-state index in [1.54, 1.807) is 15.8 Å². The van der Waals surface area contributed by atoms with Crippen molar-refractivity contribution in [2.45, 2.75) is 12.5 Å². The molecule has 0 spiro atoms. The standard InChI is InChI=1S/C15H16N6O/c1-20-9-10(8-16-20)21-7-6-13(14(21)22)19-15-17-11-4-2-3-5-12(11)18-15/h2-5,8-9,13H,6-7H2,1H3,(H2,17,18,19). The van der Waals surface area contributed by atoms with Crippen LogP contribution < -0.4 is 10.2 Å². The van der Waals surface area contributed by atoms with Gasteiger partial charge in [-0.3, -0.25) is 9.48 Å². The van der Waals surface area contributed by atoms with Crippen molar-refractivity contribution in [1.82, 2.24) is 19.7 Å². The second-order valence-corrected chi connectivity index (χ2v) is 5.45. The summed E-state index contributed by atoms with van der Waals surface area (Å²) in [7, 11) is 1.84. The van der Waals surface area contributed by atoms with Gasteiger partial charge in [0.25, 0.3) is 0 Å². The third kappa shape index (κ3) is 2.11. The molecule has 112 valence electrons. The fraction of sp³-hybridized carbons (Fsp3) is 0.267. The lowest BCUT2D eigenvalue weighted by Gasteiger charge is -2.14. The molecule has 3 aromatic rings. The van der Waals surface area contributed by atoms with Crippen molar-refractivity contribution in [2.75, 3.05) is 16.8 Å². The number of carbonyl (C=O) groups is 1. The number of fused-ring (bicyclic) bond motifs is 1. The summed E-state index contributed by atoms with van der Waals surface area (Å²) in [6.45, 7) is 0.683. The first-order valence-corrected chi connectivity index (χ1v) is 7.22. The van der Waals surface area contributed by atoms with E-state index in [0.29, 0.717) is 12.5 Å². The number of aromatic nitrogens is 4. The molecule has 1 fully saturated rings. The summed E-state index contributed by atoms with van der Waals surface area (Å²) in [5.74, 6) is 0.682. The summed E-state index contributed by atoms with van der Waals surface area (Å²) >= 11 is 0. The van der Waals surface area contributed by atoms with E-state index in [9.17, 15) is 4.79 Å². The van der Waals surface area contributed by atoms with Gasteiger partial charge in [-0.15, -0.1) is 0 Å². The number of carbonyl (C=O) groups excluding carboxylic acids is 1. The lowest BCUT2D eigenvalue weighted by atomic mass is 10.2. The van der Waals surface area contributed by atoms with Gasteiger partial charge in [-0.25, -0.2) is 4.98 Å². The average molecular weight is 296 g/mol. The maximum atomic E-state index is 12.5. The molecule has 3 heterocycles. The van der Waals surface area contributed by atoms with E-state index in [1.165, 1.54) is 0 Å². The minimum Gasteiger partial charge on any atom is -0.344 e. The van der Waals surface area contributed by atoms with Crippen molar-refractivity contribution in [3.8, 4) is 0 Å². The van der Waals surface area contributed by atoms with Gasteiger partial charge in [-0.2, -0.15) is 5.10 Å². The van der Waals surface area contributed by atoms with E-state index in [2.05, 4.69) is 20.4 Å². The minimum absolute atomic E-state index is 0.0495. The number of imidazole rings is 1. The molecule has 0 aliphatic carbocycles. The lowest BCUT2D eigenvalue weighted by Crippen LogP contribution is -2.33. The first-order chi connectivity index (χ1) is 10.7. The van der Waals surface area contributed by atoms with Crippen LogP contribution >= 0.6 is 0 Å². The topological polar surface area (TPSA) is 78.8 Å². The number of H-pyrrole nitrogens is 1. The zero-order valence-electron chi connectivity index (χ0n) is 12.2. The lowest BCUT2D eigenvalue weighted by molar-refractivity contribution is -0.117. The highest BCUT2D eigenvalue weighted by Gasteiger charge is 2.33. The number of hydrogen-bond donors (Lipinski definition) is 2. The molecule has 1 atom stereocenters. The SMILES string of the molecule is Cn1cc(N2CCC(Nc3nc4ccccc4[nH]3)C2=O)cn1. The Morgan fingerprint density at radius 1 is 1.36 bits per heavy atom. The zero-order valence-corrected chi connectivity index (χ0v) is 12.2. The van der Waals surface area contributed by atoms with Crippen LogP contribution in [0, 0.1) is 0 Å². The molecular weight excluding hydrogens is 280 g/mol. The third-order valence-corrected chi connectivity index (χ3v) is 3.91. The van der Waals surface area contributed by atoms with E-state index >= 15 is 0 Å². The van der Waals surface area contributed by atoms with Crippen molar-refractivity contribution < 1.29 is 4.79 Å².